The molecule has 4 heteroatoms. The number of piperidine rings is 1. The molecule has 0 amide bonds. The van der Waals surface area contributed by atoms with Gasteiger partial charge in [-0.25, -0.2) is 4.39 Å². The van der Waals surface area contributed by atoms with E-state index >= 15 is 0 Å². The first kappa shape index (κ1) is 22.9. The smallest absolute Gasteiger partial charge is 0.128 e. The lowest BCUT2D eigenvalue weighted by Gasteiger charge is -2.39. The second-order valence-electron chi connectivity index (χ2n) is 8.80. The van der Waals surface area contributed by atoms with Crippen molar-refractivity contribution in [3.8, 4) is 0 Å². The van der Waals surface area contributed by atoms with E-state index in [-0.39, 0.29) is 18.8 Å². The quantitative estimate of drug-likeness (QED) is 0.711. The van der Waals surface area contributed by atoms with E-state index in [1.54, 1.807) is 12.1 Å². The van der Waals surface area contributed by atoms with E-state index in [0.29, 0.717) is 13.2 Å². The monoisotopic (exact) mass is 412 g/mol. The van der Waals surface area contributed by atoms with Crippen molar-refractivity contribution in [2.24, 2.45) is 5.92 Å². The summed E-state index contributed by atoms with van der Waals surface area (Å²) in [5, 5.41) is 3.72. The molecule has 4 rings (SSSR count). The summed E-state index contributed by atoms with van der Waals surface area (Å²) < 4.78 is 20.2. The lowest BCUT2D eigenvalue weighted by atomic mass is 9.82. The first-order valence-corrected chi connectivity index (χ1v) is 11.0. The zero-order valence-corrected chi connectivity index (χ0v) is 17.5. The molecule has 2 fully saturated rings. The van der Waals surface area contributed by atoms with Crippen LogP contribution in [0.1, 0.15) is 49.8 Å². The zero-order valence-electron chi connectivity index (χ0n) is 17.5. The molecular weight excluding hydrogens is 375 g/mol. The number of halogens is 1. The lowest BCUT2D eigenvalue weighted by molar-refractivity contribution is 0.0344. The number of ether oxygens (including phenoxy) is 1. The van der Waals surface area contributed by atoms with Crippen molar-refractivity contribution >= 4 is 0 Å². The fraction of sp³-hybridized carbons (Fsp3) is 0.538. The SMILES string of the molecule is C.CN1CCC(Cc2cccc(CNC3(c4ccccc4F)CCOCC3)c2)CC1. The largest absolute Gasteiger partial charge is 0.381 e. The molecule has 3 nitrogen and oxygen atoms in total. The Bertz CT molecular complexity index is 795. The minimum absolute atomic E-state index is 0. The van der Waals surface area contributed by atoms with E-state index in [4.69, 9.17) is 4.74 Å². The second kappa shape index (κ2) is 10.5. The fourth-order valence-corrected chi connectivity index (χ4v) is 4.85. The van der Waals surface area contributed by atoms with Gasteiger partial charge in [0.15, 0.2) is 0 Å². The van der Waals surface area contributed by atoms with Crippen LogP contribution in [-0.4, -0.2) is 38.3 Å². The van der Waals surface area contributed by atoms with Gasteiger partial charge in [0.25, 0.3) is 0 Å². The minimum Gasteiger partial charge on any atom is -0.381 e. The fourth-order valence-electron chi connectivity index (χ4n) is 4.85. The molecule has 1 N–H and O–H groups in total. The molecule has 0 saturated carbocycles. The third-order valence-corrected chi connectivity index (χ3v) is 6.72. The Morgan fingerprint density at radius 3 is 2.47 bits per heavy atom. The third-order valence-electron chi connectivity index (χ3n) is 6.72. The molecule has 164 valence electrons. The van der Waals surface area contributed by atoms with Crippen molar-refractivity contribution < 1.29 is 9.13 Å². The Kier molecular flexibility index (Phi) is 8.04. The van der Waals surface area contributed by atoms with Crippen LogP contribution < -0.4 is 5.32 Å². The van der Waals surface area contributed by atoms with Crippen LogP contribution in [-0.2, 0) is 23.2 Å². The van der Waals surface area contributed by atoms with Gasteiger partial charge in [-0.15, -0.1) is 0 Å². The van der Waals surface area contributed by atoms with E-state index < -0.39 is 0 Å². The van der Waals surface area contributed by atoms with Crippen molar-refractivity contribution in [1.29, 1.82) is 0 Å². The molecule has 2 saturated heterocycles. The molecule has 0 atom stereocenters. The van der Waals surface area contributed by atoms with Crippen LogP contribution in [0.4, 0.5) is 4.39 Å². The average molecular weight is 413 g/mol. The topological polar surface area (TPSA) is 24.5 Å². The number of nitrogens with zero attached hydrogens (tertiary/aromatic N) is 1. The van der Waals surface area contributed by atoms with Gasteiger partial charge in [0.1, 0.15) is 5.82 Å². The van der Waals surface area contributed by atoms with E-state index in [1.165, 1.54) is 37.1 Å². The van der Waals surface area contributed by atoms with Crippen molar-refractivity contribution in [2.75, 3.05) is 33.4 Å². The first-order valence-electron chi connectivity index (χ1n) is 11.0. The number of likely N-dealkylation sites (tertiary alicyclic amines) is 1. The Labute approximate surface area is 181 Å². The maximum absolute atomic E-state index is 14.6. The molecule has 0 radical (unpaired) electrons. The highest BCUT2D eigenvalue weighted by molar-refractivity contribution is 5.29. The van der Waals surface area contributed by atoms with Crippen LogP contribution in [0.5, 0.6) is 0 Å². The summed E-state index contributed by atoms with van der Waals surface area (Å²) >= 11 is 0. The molecule has 2 heterocycles. The Balaban J connectivity index is 0.00000256. The molecule has 0 aliphatic carbocycles. The Morgan fingerprint density at radius 1 is 1.03 bits per heavy atom. The summed E-state index contributed by atoms with van der Waals surface area (Å²) in [6.07, 6.45) is 5.32. The second-order valence-corrected chi connectivity index (χ2v) is 8.80. The predicted molar refractivity (Wildman–Crippen MR) is 122 cm³/mol. The molecule has 0 bridgehead atoms. The lowest BCUT2D eigenvalue weighted by Crippen LogP contribution is -2.47. The van der Waals surface area contributed by atoms with Crippen LogP contribution in [0.3, 0.4) is 0 Å². The van der Waals surface area contributed by atoms with Crippen LogP contribution in [0, 0.1) is 11.7 Å². The van der Waals surface area contributed by atoms with E-state index in [1.807, 2.05) is 12.1 Å². The first-order chi connectivity index (χ1) is 14.1. The van der Waals surface area contributed by atoms with Gasteiger partial charge in [-0.1, -0.05) is 49.9 Å². The normalized spacial score (nSPS) is 19.9. The highest BCUT2D eigenvalue weighted by atomic mass is 19.1. The number of benzene rings is 2. The van der Waals surface area contributed by atoms with Crippen molar-refractivity contribution in [3.05, 3.63) is 71.0 Å². The van der Waals surface area contributed by atoms with Crippen LogP contribution in [0.2, 0.25) is 0 Å². The maximum Gasteiger partial charge on any atom is 0.128 e. The summed E-state index contributed by atoms with van der Waals surface area (Å²) in [4.78, 5) is 2.42. The standard InChI is InChI=1S/C25H33FN2O.CH4/c1-28-13-9-20(10-14-28)17-21-5-4-6-22(18-21)19-27-25(11-15-29-16-12-25)23-7-2-3-8-24(23)26;/h2-8,18,20,27H,9-17,19H2,1H3;1H4. The van der Waals surface area contributed by atoms with Crippen LogP contribution in [0.25, 0.3) is 0 Å². The summed E-state index contributed by atoms with van der Waals surface area (Å²) in [6.45, 7) is 4.49. The van der Waals surface area contributed by atoms with Gasteiger partial charge in [0.2, 0.25) is 0 Å². The molecule has 0 spiro atoms. The van der Waals surface area contributed by atoms with Gasteiger partial charge in [0.05, 0.1) is 5.54 Å². The molecule has 0 aromatic heterocycles. The highest BCUT2D eigenvalue weighted by Crippen LogP contribution is 2.34. The molecule has 0 unspecified atom stereocenters. The van der Waals surface area contributed by atoms with Gasteiger partial charge in [-0.2, -0.15) is 0 Å². The molecule has 2 aliphatic heterocycles. The van der Waals surface area contributed by atoms with E-state index in [0.717, 1.165) is 37.3 Å². The van der Waals surface area contributed by atoms with Crippen LogP contribution >= 0.6 is 0 Å². The van der Waals surface area contributed by atoms with Crippen molar-refractivity contribution in [1.82, 2.24) is 10.2 Å². The molecule has 2 aliphatic rings. The zero-order chi connectivity index (χ0) is 20.1. The molecule has 30 heavy (non-hydrogen) atoms. The summed E-state index contributed by atoms with van der Waals surface area (Å²) in [7, 11) is 2.21. The van der Waals surface area contributed by atoms with Crippen LogP contribution in [0.15, 0.2) is 48.5 Å². The Hall–Kier alpha value is -1.75. The van der Waals surface area contributed by atoms with Crippen molar-refractivity contribution in [3.63, 3.8) is 0 Å². The van der Waals surface area contributed by atoms with E-state index in [9.17, 15) is 4.39 Å². The number of hydrogen-bond donors (Lipinski definition) is 1. The number of nitrogens with one attached hydrogen (secondary N) is 1. The minimum atomic E-state index is -0.354. The van der Waals surface area contributed by atoms with Gasteiger partial charge in [-0.3, -0.25) is 0 Å². The van der Waals surface area contributed by atoms with Gasteiger partial charge in [-0.05, 0) is 75.4 Å². The summed E-state index contributed by atoms with van der Waals surface area (Å²) in [5.41, 5.74) is 3.11. The molecular formula is C26H37FN2O. The third kappa shape index (κ3) is 5.48. The summed E-state index contributed by atoms with van der Waals surface area (Å²) in [6, 6.07) is 16.1. The molecule has 2 aromatic carbocycles. The number of rotatable bonds is 6. The number of hydrogen-bond acceptors (Lipinski definition) is 3. The summed E-state index contributed by atoms with van der Waals surface area (Å²) in [5.74, 6) is 0.660. The van der Waals surface area contributed by atoms with E-state index in [2.05, 4.69) is 41.5 Å². The molecule has 2 aromatic rings. The Morgan fingerprint density at radius 2 is 1.73 bits per heavy atom. The van der Waals surface area contributed by atoms with Gasteiger partial charge < -0.3 is 15.0 Å². The average Bonchev–Trinajstić information content (AvgIpc) is 2.75. The van der Waals surface area contributed by atoms with Gasteiger partial charge >= 0.3 is 0 Å². The highest BCUT2D eigenvalue weighted by Gasteiger charge is 2.36. The van der Waals surface area contributed by atoms with Crippen molar-refractivity contribution in [2.45, 2.75) is 51.6 Å². The maximum atomic E-state index is 14.6. The van der Waals surface area contributed by atoms with Gasteiger partial charge in [0, 0.05) is 25.3 Å². The predicted octanol–water partition coefficient (Wildman–Crippen LogP) is 5.14.